The molecule has 1 aromatic rings. The molecule has 19 heavy (non-hydrogen) atoms. The summed E-state index contributed by atoms with van der Waals surface area (Å²) >= 11 is 0. The Kier molecular flexibility index (Phi) is 7.36. The third kappa shape index (κ3) is 7.08. The Morgan fingerprint density at radius 1 is 1.26 bits per heavy atom. The largest absolute Gasteiger partial charge is 0.435 e. The van der Waals surface area contributed by atoms with Crippen LogP contribution in [0, 0.1) is 0 Å². The van der Waals surface area contributed by atoms with Gasteiger partial charge < -0.3 is 15.8 Å². The zero-order chi connectivity index (χ0) is 14.1. The molecule has 5 heteroatoms. The van der Waals surface area contributed by atoms with Crippen LogP contribution >= 0.6 is 0 Å². The quantitative estimate of drug-likeness (QED) is 0.679. The molecule has 1 atom stereocenters. The smallest absolute Gasteiger partial charge is 0.387 e. The number of nitrogens with two attached hydrogens (primary N) is 1. The summed E-state index contributed by atoms with van der Waals surface area (Å²) in [6.45, 7) is 0.993. The van der Waals surface area contributed by atoms with E-state index in [4.69, 9.17) is 5.73 Å². The topological polar surface area (TPSA) is 47.3 Å². The van der Waals surface area contributed by atoms with E-state index in [9.17, 15) is 8.78 Å². The number of nitrogens with one attached hydrogen (secondary N) is 1. The highest BCUT2D eigenvalue weighted by molar-refractivity contribution is 5.27. The van der Waals surface area contributed by atoms with Gasteiger partial charge in [0.1, 0.15) is 5.75 Å². The van der Waals surface area contributed by atoms with Gasteiger partial charge in [0.05, 0.1) is 0 Å². The number of hydrogen-bond acceptors (Lipinski definition) is 3. The first-order valence-corrected chi connectivity index (χ1v) is 6.59. The second-order valence-corrected chi connectivity index (χ2v) is 4.56. The lowest BCUT2D eigenvalue weighted by Crippen LogP contribution is -2.28. The molecule has 0 aromatic heterocycles. The summed E-state index contributed by atoms with van der Waals surface area (Å²) in [6.07, 6.45) is 2.88. The average Bonchev–Trinajstić information content (AvgIpc) is 2.37. The molecule has 1 unspecified atom stereocenters. The van der Waals surface area contributed by atoms with Crippen molar-refractivity contribution in [2.24, 2.45) is 5.73 Å². The Balaban J connectivity index is 2.29. The lowest BCUT2D eigenvalue weighted by atomic mass is 10.1. The van der Waals surface area contributed by atoms with E-state index >= 15 is 0 Å². The third-order valence-electron chi connectivity index (χ3n) is 2.89. The Hall–Kier alpha value is -1.20. The van der Waals surface area contributed by atoms with Gasteiger partial charge in [-0.05, 0) is 57.0 Å². The zero-order valence-electron chi connectivity index (χ0n) is 11.2. The van der Waals surface area contributed by atoms with Gasteiger partial charge >= 0.3 is 6.61 Å². The second-order valence-electron chi connectivity index (χ2n) is 4.56. The van der Waals surface area contributed by atoms with Crippen molar-refractivity contribution in [1.82, 2.24) is 5.32 Å². The van der Waals surface area contributed by atoms with Gasteiger partial charge in [-0.15, -0.1) is 0 Å². The van der Waals surface area contributed by atoms with E-state index in [0.29, 0.717) is 12.6 Å². The number of ether oxygens (including phenoxy) is 1. The summed E-state index contributed by atoms with van der Waals surface area (Å²) in [6, 6.07) is 7.22. The van der Waals surface area contributed by atoms with Gasteiger partial charge in [0.15, 0.2) is 0 Å². The molecular formula is C14H22F2N2O. The van der Waals surface area contributed by atoms with E-state index in [1.807, 2.05) is 12.1 Å². The van der Waals surface area contributed by atoms with Crippen molar-refractivity contribution in [3.8, 4) is 5.75 Å². The Labute approximate surface area is 113 Å². The molecule has 1 aromatic carbocycles. The van der Waals surface area contributed by atoms with Crippen LogP contribution in [0.5, 0.6) is 5.75 Å². The van der Waals surface area contributed by atoms with Gasteiger partial charge in [-0.25, -0.2) is 0 Å². The summed E-state index contributed by atoms with van der Waals surface area (Å²) in [4.78, 5) is 0. The average molecular weight is 272 g/mol. The first kappa shape index (κ1) is 15.9. The molecule has 0 saturated carbocycles. The molecular weight excluding hydrogens is 250 g/mol. The van der Waals surface area contributed by atoms with Crippen LogP contribution in [0.4, 0.5) is 8.78 Å². The third-order valence-corrected chi connectivity index (χ3v) is 2.89. The molecule has 1 rings (SSSR count). The van der Waals surface area contributed by atoms with Crippen LogP contribution in [-0.2, 0) is 6.42 Å². The fourth-order valence-electron chi connectivity index (χ4n) is 1.77. The first-order chi connectivity index (χ1) is 9.11. The van der Waals surface area contributed by atoms with Crippen LogP contribution in [-0.4, -0.2) is 25.7 Å². The highest BCUT2D eigenvalue weighted by atomic mass is 19.3. The van der Waals surface area contributed by atoms with E-state index in [2.05, 4.69) is 17.0 Å². The van der Waals surface area contributed by atoms with Crippen molar-refractivity contribution in [3.05, 3.63) is 29.8 Å². The monoisotopic (exact) mass is 272 g/mol. The van der Waals surface area contributed by atoms with E-state index in [1.165, 1.54) is 0 Å². The van der Waals surface area contributed by atoms with Gasteiger partial charge in [-0.1, -0.05) is 12.1 Å². The molecule has 0 saturated heterocycles. The number of benzene rings is 1. The lowest BCUT2D eigenvalue weighted by Gasteiger charge is -2.13. The number of alkyl halides is 2. The fourth-order valence-corrected chi connectivity index (χ4v) is 1.77. The van der Waals surface area contributed by atoms with Crippen LogP contribution in [0.25, 0.3) is 0 Å². The zero-order valence-corrected chi connectivity index (χ0v) is 11.2. The van der Waals surface area contributed by atoms with Gasteiger partial charge in [0.25, 0.3) is 0 Å². The number of rotatable bonds is 9. The fraction of sp³-hybridized carbons (Fsp3) is 0.571. The van der Waals surface area contributed by atoms with E-state index < -0.39 is 6.61 Å². The van der Waals surface area contributed by atoms with E-state index in [0.717, 1.165) is 31.4 Å². The van der Waals surface area contributed by atoms with Crippen molar-refractivity contribution >= 4 is 0 Å². The molecule has 0 heterocycles. The summed E-state index contributed by atoms with van der Waals surface area (Å²) < 4.78 is 28.3. The summed E-state index contributed by atoms with van der Waals surface area (Å²) in [7, 11) is 0. The molecule has 0 bridgehead atoms. The van der Waals surface area contributed by atoms with Crippen molar-refractivity contribution < 1.29 is 13.5 Å². The highest BCUT2D eigenvalue weighted by Gasteiger charge is 2.05. The number of halogens is 2. The molecule has 0 aliphatic carbocycles. The maximum atomic E-state index is 12.0. The molecule has 0 aliphatic rings. The normalized spacial score (nSPS) is 12.7. The molecule has 0 radical (unpaired) electrons. The first-order valence-electron chi connectivity index (χ1n) is 6.59. The molecule has 3 N–H and O–H groups in total. The Morgan fingerprint density at radius 3 is 2.53 bits per heavy atom. The second kappa shape index (κ2) is 8.82. The lowest BCUT2D eigenvalue weighted by molar-refractivity contribution is -0.0498. The van der Waals surface area contributed by atoms with Gasteiger partial charge in [0, 0.05) is 6.04 Å². The molecule has 0 aliphatic heterocycles. The maximum absolute atomic E-state index is 12.0. The van der Waals surface area contributed by atoms with Crippen LogP contribution in [0.2, 0.25) is 0 Å². The minimum atomic E-state index is -2.77. The predicted octanol–water partition coefficient (Wildman–Crippen LogP) is 2.55. The van der Waals surface area contributed by atoms with E-state index in [1.54, 1.807) is 12.1 Å². The number of hydrogen-bond donors (Lipinski definition) is 2. The molecule has 108 valence electrons. The molecule has 3 nitrogen and oxygen atoms in total. The van der Waals surface area contributed by atoms with Crippen LogP contribution in [0.15, 0.2) is 24.3 Å². The summed E-state index contributed by atoms with van der Waals surface area (Å²) in [5.41, 5.74) is 6.54. The highest BCUT2D eigenvalue weighted by Crippen LogP contribution is 2.16. The minimum Gasteiger partial charge on any atom is -0.435 e. The summed E-state index contributed by atoms with van der Waals surface area (Å²) in [5, 5.41) is 3.39. The maximum Gasteiger partial charge on any atom is 0.387 e. The van der Waals surface area contributed by atoms with Crippen molar-refractivity contribution in [3.63, 3.8) is 0 Å². The van der Waals surface area contributed by atoms with Gasteiger partial charge in [0.2, 0.25) is 0 Å². The van der Waals surface area contributed by atoms with Crippen LogP contribution in [0.1, 0.15) is 25.3 Å². The standard InChI is InChI=1S/C14H22F2N2O/c1-11(18-10-2-9-17)3-4-12-5-7-13(8-6-12)19-14(15)16/h5-8,11,14,18H,2-4,9-10,17H2,1H3. The van der Waals surface area contributed by atoms with Crippen LogP contribution in [0.3, 0.4) is 0 Å². The molecule has 0 amide bonds. The Morgan fingerprint density at radius 2 is 1.95 bits per heavy atom. The predicted molar refractivity (Wildman–Crippen MR) is 72.5 cm³/mol. The van der Waals surface area contributed by atoms with Crippen molar-refractivity contribution in [2.75, 3.05) is 13.1 Å². The van der Waals surface area contributed by atoms with Crippen LogP contribution < -0.4 is 15.8 Å². The SMILES string of the molecule is CC(CCc1ccc(OC(F)F)cc1)NCCCN. The molecule has 0 fully saturated rings. The van der Waals surface area contributed by atoms with E-state index in [-0.39, 0.29) is 5.75 Å². The minimum absolute atomic E-state index is 0.202. The Bertz CT molecular complexity index is 344. The summed E-state index contributed by atoms with van der Waals surface area (Å²) in [5.74, 6) is 0.202. The van der Waals surface area contributed by atoms with Crippen molar-refractivity contribution in [1.29, 1.82) is 0 Å². The van der Waals surface area contributed by atoms with Gasteiger partial charge in [-0.2, -0.15) is 8.78 Å². The van der Waals surface area contributed by atoms with Crippen molar-refractivity contribution in [2.45, 2.75) is 38.8 Å². The number of aryl methyl sites for hydroxylation is 1. The molecule has 0 spiro atoms. The van der Waals surface area contributed by atoms with Gasteiger partial charge in [-0.3, -0.25) is 0 Å².